The highest BCUT2D eigenvalue weighted by molar-refractivity contribution is 5.58. The Kier molecular flexibility index (Phi) is 4.37. The van der Waals surface area contributed by atoms with Crippen molar-refractivity contribution in [2.75, 3.05) is 0 Å². The monoisotopic (exact) mass is 300 g/mol. The van der Waals surface area contributed by atoms with Crippen LogP contribution in [0.15, 0.2) is 18.2 Å². The van der Waals surface area contributed by atoms with Crippen LogP contribution >= 0.6 is 0 Å². The summed E-state index contributed by atoms with van der Waals surface area (Å²) < 4.78 is 14.5. The molecule has 0 saturated heterocycles. The Labute approximate surface area is 132 Å². The molecule has 0 spiro atoms. The highest BCUT2D eigenvalue weighted by Gasteiger charge is 2.18. The second-order valence-corrected chi connectivity index (χ2v) is 7.23. The topological polar surface area (TPSA) is 25.8 Å². The lowest BCUT2D eigenvalue weighted by Gasteiger charge is -2.20. The van der Waals surface area contributed by atoms with Crippen molar-refractivity contribution >= 4 is 0 Å². The minimum atomic E-state index is -0.261. The zero-order chi connectivity index (χ0) is 16.7. The molecule has 0 amide bonds. The van der Waals surface area contributed by atoms with Crippen LogP contribution in [0.5, 0.6) is 0 Å². The molecular formula is C19H25FN2. The number of nitrogens with zero attached hydrogens (tertiary/aromatic N) is 2. The second kappa shape index (κ2) is 5.79. The Morgan fingerprint density at radius 3 is 1.95 bits per heavy atom. The van der Waals surface area contributed by atoms with Crippen LogP contribution in [0.3, 0.4) is 0 Å². The molecule has 0 radical (unpaired) electrons. The molecule has 2 rings (SSSR count). The summed E-state index contributed by atoms with van der Waals surface area (Å²) in [4.78, 5) is 9.05. The smallest absolute Gasteiger partial charge is 0.162 e. The molecule has 22 heavy (non-hydrogen) atoms. The predicted molar refractivity (Wildman–Crippen MR) is 89.7 cm³/mol. The lowest BCUT2D eigenvalue weighted by molar-refractivity contribution is 0.573. The van der Waals surface area contributed by atoms with E-state index in [2.05, 4.69) is 44.6 Å². The van der Waals surface area contributed by atoms with Gasteiger partial charge in [0.05, 0.1) is 5.56 Å². The molecule has 0 aliphatic rings. The summed E-state index contributed by atoms with van der Waals surface area (Å²) in [7, 11) is 0. The molecular weight excluding hydrogens is 275 g/mol. The summed E-state index contributed by atoms with van der Waals surface area (Å²) in [6.07, 6.45) is 0. The van der Waals surface area contributed by atoms with Crippen LogP contribution in [0, 0.1) is 19.7 Å². The third-order valence-corrected chi connectivity index (χ3v) is 3.98. The lowest BCUT2D eigenvalue weighted by atomic mass is 9.86. The van der Waals surface area contributed by atoms with Gasteiger partial charge in [0.25, 0.3) is 0 Å². The quantitative estimate of drug-likeness (QED) is 0.750. The van der Waals surface area contributed by atoms with Crippen molar-refractivity contribution in [3.63, 3.8) is 0 Å². The van der Waals surface area contributed by atoms with Crippen molar-refractivity contribution in [3.05, 3.63) is 46.5 Å². The molecule has 3 heteroatoms. The van der Waals surface area contributed by atoms with Gasteiger partial charge in [0.1, 0.15) is 5.82 Å². The Morgan fingerprint density at radius 2 is 1.55 bits per heavy atom. The van der Waals surface area contributed by atoms with E-state index in [4.69, 9.17) is 0 Å². The molecule has 0 aliphatic heterocycles. The molecule has 0 bridgehead atoms. The number of hydrogen-bond acceptors (Lipinski definition) is 2. The fourth-order valence-corrected chi connectivity index (χ4v) is 2.84. The van der Waals surface area contributed by atoms with E-state index < -0.39 is 0 Å². The predicted octanol–water partition coefficient (Wildman–Crippen LogP) is 5.32. The van der Waals surface area contributed by atoms with E-state index in [0.29, 0.717) is 17.3 Å². The molecule has 0 saturated carbocycles. The van der Waals surface area contributed by atoms with E-state index in [1.54, 1.807) is 12.1 Å². The summed E-state index contributed by atoms with van der Waals surface area (Å²) in [5, 5.41) is 0. The fraction of sp³-hybridized carbons (Fsp3) is 0.474. The van der Waals surface area contributed by atoms with E-state index >= 15 is 0 Å². The molecule has 0 fully saturated rings. The summed E-state index contributed by atoms with van der Waals surface area (Å²) in [5.41, 5.74) is 4.37. The molecule has 0 atom stereocenters. The summed E-state index contributed by atoms with van der Waals surface area (Å²) in [5.74, 6) is 0.572. The van der Waals surface area contributed by atoms with E-state index in [0.717, 1.165) is 22.5 Å². The first kappa shape index (κ1) is 16.6. The van der Waals surface area contributed by atoms with Gasteiger partial charge in [0.2, 0.25) is 0 Å². The Hall–Kier alpha value is -1.77. The second-order valence-electron chi connectivity index (χ2n) is 7.23. The molecule has 0 unspecified atom stereocenters. The van der Waals surface area contributed by atoms with Gasteiger partial charge in [-0.3, -0.25) is 0 Å². The Balaban J connectivity index is 2.54. The van der Waals surface area contributed by atoms with Crippen molar-refractivity contribution in [3.8, 4) is 11.4 Å². The number of hydrogen-bond donors (Lipinski definition) is 0. The van der Waals surface area contributed by atoms with Crippen LogP contribution in [0.25, 0.3) is 11.4 Å². The van der Waals surface area contributed by atoms with E-state index in [1.165, 1.54) is 0 Å². The SMILES string of the molecule is Cc1nc(-c2ccc(C(C)(C)C)cc2F)nc(C)c1C(C)C. The molecule has 0 N–H and O–H groups in total. The maximum Gasteiger partial charge on any atom is 0.162 e. The first-order valence-corrected chi connectivity index (χ1v) is 7.76. The van der Waals surface area contributed by atoms with Crippen LogP contribution in [0.4, 0.5) is 4.39 Å². The van der Waals surface area contributed by atoms with Crippen molar-refractivity contribution < 1.29 is 4.39 Å². The van der Waals surface area contributed by atoms with Gasteiger partial charge in [-0.1, -0.05) is 40.7 Å². The fourth-order valence-electron chi connectivity index (χ4n) is 2.84. The number of aromatic nitrogens is 2. The maximum atomic E-state index is 14.5. The Morgan fingerprint density at radius 1 is 1.00 bits per heavy atom. The third-order valence-electron chi connectivity index (χ3n) is 3.98. The summed E-state index contributed by atoms with van der Waals surface area (Å²) >= 11 is 0. The minimum Gasteiger partial charge on any atom is -0.233 e. The Bertz CT molecular complexity index is 674. The average molecular weight is 300 g/mol. The van der Waals surface area contributed by atoms with Crippen LogP contribution in [-0.2, 0) is 5.41 Å². The van der Waals surface area contributed by atoms with Crippen LogP contribution < -0.4 is 0 Å². The van der Waals surface area contributed by atoms with E-state index in [-0.39, 0.29) is 11.2 Å². The van der Waals surface area contributed by atoms with Gasteiger partial charge in [0.15, 0.2) is 5.82 Å². The number of benzene rings is 1. The minimum absolute atomic E-state index is 0.0758. The molecule has 2 aromatic rings. The first-order valence-electron chi connectivity index (χ1n) is 7.76. The van der Waals surface area contributed by atoms with Gasteiger partial charge in [-0.15, -0.1) is 0 Å². The lowest BCUT2D eigenvalue weighted by Crippen LogP contribution is -2.11. The van der Waals surface area contributed by atoms with Gasteiger partial charge in [-0.25, -0.2) is 14.4 Å². The first-order chi connectivity index (χ1) is 10.1. The average Bonchev–Trinajstić information content (AvgIpc) is 2.35. The standard InChI is InChI=1S/C19H25FN2/c1-11(2)17-12(3)21-18(22-13(17)4)15-9-8-14(10-16(15)20)19(5,6)7/h8-11H,1-7H3. The zero-order valence-corrected chi connectivity index (χ0v) is 14.6. The van der Waals surface area contributed by atoms with Crippen molar-refractivity contribution in [1.29, 1.82) is 0 Å². The largest absolute Gasteiger partial charge is 0.233 e. The van der Waals surface area contributed by atoms with Crippen LogP contribution in [0.2, 0.25) is 0 Å². The maximum absolute atomic E-state index is 14.5. The van der Waals surface area contributed by atoms with Crippen molar-refractivity contribution in [2.45, 2.75) is 59.8 Å². The molecule has 0 aliphatic carbocycles. The zero-order valence-electron chi connectivity index (χ0n) is 14.6. The van der Waals surface area contributed by atoms with E-state index in [1.807, 2.05) is 19.9 Å². The van der Waals surface area contributed by atoms with Gasteiger partial charge >= 0.3 is 0 Å². The number of rotatable bonds is 2. The highest BCUT2D eigenvalue weighted by atomic mass is 19.1. The van der Waals surface area contributed by atoms with Gasteiger partial charge in [-0.05, 0) is 48.4 Å². The number of halogens is 1. The highest BCUT2D eigenvalue weighted by Crippen LogP contribution is 2.29. The molecule has 1 aromatic heterocycles. The van der Waals surface area contributed by atoms with Gasteiger partial charge < -0.3 is 0 Å². The normalized spacial score (nSPS) is 12.0. The van der Waals surface area contributed by atoms with Crippen molar-refractivity contribution in [2.24, 2.45) is 0 Å². The summed E-state index contributed by atoms with van der Waals surface area (Å²) in [6, 6.07) is 5.35. The molecule has 1 heterocycles. The number of aryl methyl sites for hydroxylation is 2. The van der Waals surface area contributed by atoms with E-state index in [9.17, 15) is 4.39 Å². The summed E-state index contributed by atoms with van der Waals surface area (Å²) in [6.45, 7) is 14.4. The van der Waals surface area contributed by atoms with Crippen LogP contribution in [-0.4, -0.2) is 9.97 Å². The third kappa shape index (κ3) is 3.18. The van der Waals surface area contributed by atoms with Gasteiger partial charge in [-0.2, -0.15) is 0 Å². The van der Waals surface area contributed by atoms with Crippen molar-refractivity contribution in [1.82, 2.24) is 9.97 Å². The van der Waals surface area contributed by atoms with Gasteiger partial charge in [0, 0.05) is 11.4 Å². The van der Waals surface area contributed by atoms with Crippen LogP contribution in [0.1, 0.15) is 63.1 Å². The molecule has 2 nitrogen and oxygen atoms in total. The molecule has 1 aromatic carbocycles. The molecule has 118 valence electrons.